The number of piperidine rings is 1. The summed E-state index contributed by atoms with van der Waals surface area (Å²) in [5.74, 6) is 1.04. The van der Waals surface area contributed by atoms with E-state index in [-0.39, 0.29) is 0 Å². The van der Waals surface area contributed by atoms with E-state index in [2.05, 4.69) is 48.2 Å². The number of likely N-dealkylation sites (tertiary alicyclic amines) is 1. The number of nitrogens with zero attached hydrogens (tertiary/aromatic N) is 5. The molecule has 1 aliphatic heterocycles. The molecule has 7 heteroatoms. The molecule has 0 bridgehead atoms. The number of H-pyrrole nitrogens is 1. The Morgan fingerprint density at radius 1 is 1.32 bits per heavy atom. The zero-order valence-corrected chi connectivity index (χ0v) is 13.0. The van der Waals surface area contributed by atoms with Gasteiger partial charge in [0.15, 0.2) is 0 Å². The molecule has 114 valence electrons. The van der Waals surface area contributed by atoms with Crippen molar-refractivity contribution in [3.8, 4) is 11.3 Å². The van der Waals surface area contributed by atoms with Crippen LogP contribution in [0.25, 0.3) is 11.3 Å². The van der Waals surface area contributed by atoms with Gasteiger partial charge >= 0.3 is 0 Å². The highest BCUT2D eigenvalue weighted by molar-refractivity contribution is 7.08. The first-order valence-corrected chi connectivity index (χ1v) is 8.48. The lowest BCUT2D eigenvalue weighted by Crippen LogP contribution is -2.34. The van der Waals surface area contributed by atoms with Crippen molar-refractivity contribution < 1.29 is 0 Å². The Morgan fingerprint density at radius 3 is 2.95 bits per heavy atom. The van der Waals surface area contributed by atoms with E-state index in [4.69, 9.17) is 0 Å². The SMILES string of the molecule is c1c[nH]c(CN2CCC(n3cc(-c4ccsc4)nn3)CC2)n1. The summed E-state index contributed by atoms with van der Waals surface area (Å²) in [6.45, 7) is 3.04. The van der Waals surface area contributed by atoms with Crippen LogP contribution in [0.15, 0.2) is 35.4 Å². The zero-order valence-electron chi connectivity index (χ0n) is 12.2. The van der Waals surface area contributed by atoms with Gasteiger partial charge in [0, 0.05) is 36.4 Å². The summed E-state index contributed by atoms with van der Waals surface area (Å²) in [4.78, 5) is 9.90. The molecule has 4 heterocycles. The summed E-state index contributed by atoms with van der Waals surface area (Å²) < 4.78 is 2.04. The Balaban J connectivity index is 1.37. The van der Waals surface area contributed by atoms with Crippen molar-refractivity contribution in [2.45, 2.75) is 25.4 Å². The summed E-state index contributed by atoms with van der Waals surface area (Å²) in [7, 11) is 0. The van der Waals surface area contributed by atoms with E-state index in [0.717, 1.165) is 49.6 Å². The maximum absolute atomic E-state index is 4.33. The van der Waals surface area contributed by atoms with Crippen LogP contribution in [-0.4, -0.2) is 43.0 Å². The van der Waals surface area contributed by atoms with E-state index in [1.807, 2.05) is 17.1 Å². The molecule has 0 aliphatic carbocycles. The summed E-state index contributed by atoms with van der Waals surface area (Å²) in [6.07, 6.45) is 7.97. The van der Waals surface area contributed by atoms with Crippen LogP contribution in [0, 0.1) is 0 Å². The molecule has 0 saturated carbocycles. The number of aromatic nitrogens is 5. The third-order valence-corrected chi connectivity index (χ3v) is 4.87. The summed E-state index contributed by atoms with van der Waals surface area (Å²) in [6, 6.07) is 2.54. The Bertz CT molecular complexity index is 694. The molecule has 0 unspecified atom stereocenters. The Hall–Kier alpha value is -1.99. The predicted molar refractivity (Wildman–Crippen MR) is 85.5 cm³/mol. The quantitative estimate of drug-likeness (QED) is 0.804. The van der Waals surface area contributed by atoms with Crippen LogP contribution in [0.5, 0.6) is 0 Å². The lowest BCUT2D eigenvalue weighted by molar-refractivity contribution is 0.169. The molecular formula is C15H18N6S. The molecule has 0 atom stereocenters. The average molecular weight is 314 g/mol. The van der Waals surface area contributed by atoms with Gasteiger partial charge in [-0.25, -0.2) is 9.67 Å². The first-order valence-electron chi connectivity index (χ1n) is 7.53. The number of rotatable bonds is 4. The van der Waals surface area contributed by atoms with Crippen molar-refractivity contribution in [2.75, 3.05) is 13.1 Å². The summed E-state index contributed by atoms with van der Waals surface area (Å²) >= 11 is 1.69. The second kappa shape index (κ2) is 6.02. The highest BCUT2D eigenvalue weighted by atomic mass is 32.1. The third kappa shape index (κ3) is 2.82. The maximum Gasteiger partial charge on any atom is 0.120 e. The Kier molecular flexibility index (Phi) is 3.74. The first-order chi connectivity index (χ1) is 10.9. The number of imidazole rings is 1. The average Bonchev–Trinajstić information content (AvgIpc) is 3.30. The third-order valence-electron chi connectivity index (χ3n) is 4.19. The molecule has 1 aliphatic rings. The highest BCUT2D eigenvalue weighted by Gasteiger charge is 2.22. The van der Waals surface area contributed by atoms with E-state index < -0.39 is 0 Å². The van der Waals surface area contributed by atoms with Gasteiger partial charge in [0.2, 0.25) is 0 Å². The standard InChI is InChI=1S/C15H18N6S/c1-6-20(10-15-16-4-5-17-15)7-2-13(1)21-9-14(18-19-21)12-3-8-22-11-12/h3-5,8-9,11,13H,1-2,6-7,10H2,(H,16,17). The molecule has 1 fully saturated rings. The van der Waals surface area contributed by atoms with Gasteiger partial charge < -0.3 is 4.98 Å². The molecule has 3 aromatic rings. The van der Waals surface area contributed by atoms with Crippen LogP contribution >= 0.6 is 11.3 Å². The van der Waals surface area contributed by atoms with Gasteiger partial charge in [0.1, 0.15) is 11.5 Å². The van der Waals surface area contributed by atoms with Crippen molar-refractivity contribution in [3.63, 3.8) is 0 Å². The van der Waals surface area contributed by atoms with Crippen molar-refractivity contribution in [1.82, 2.24) is 29.9 Å². The van der Waals surface area contributed by atoms with Gasteiger partial charge in [-0.15, -0.1) is 5.10 Å². The minimum Gasteiger partial charge on any atom is -0.348 e. The Morgan fingerprint density at radius 2 is 2.23 bits per heavy atom. The van der Waals surface area contributed by atoms with Crippen molar-refractivity contribution in [1.29, 1.82) is 0 Å². The minimum atomic E-state index is 0.452. The van der Waals surface area contributed by atoms with Crippen LogP contribution < -0.4 is 0 Å². The smallest absolute Gasteiger partial charge is 0.120 e. The van der Waals surface area contributed by atoms with E-state index in [9.17, 15) is 0 Å². The van der Waals surface area contributed by atoms with E-state index >= 15 is 0 Å². The van der Waals surface area contributed by atoms with Crippen LogP contribution in [0.3, 0.4) is 0 Å². The number of hydrogen-bond acceptors (Lipinski definition) is 5. The number of aromatic amines is 1. The predicted octanol–water partition coefficient (Wildman–Crippen LogP) is 2.57. The molecule has 3 aromatic heterocycles. The van der Waals surface area contributed by atoms with Gasteiger partial charge in [-0.2, -0.15) is 11.3 Å². The molecule has 1 N–H and O–H groups in total. The summed E-state index contributed by atoms with van der Waals surface area (Å²) in [5, 5.41) is 12.8. The van der Waals surface area contributed by atoms with Crippen LogP contribution in [0.4, 0.5) is 0 Å². The number of hydrogen-bond donors (Lipinski definition) is 1. The molecule has 0 aromatic carbocycles. The van der Waals surface area contributed by atoms with Gasteiger partial charge in [-0.05, 0) is 24.3 Å². The maximum atomic E-state index is 4.33. The normalized spacial score (nSPS) is 17.1. The first kappa shape index (κ1) is 13.7. The Labute approximate surface area is 132 Å². The minimum absolute atomic E-state index is 0.452. The second-order valence-corrected chi connectivity index (χ2v) is 6.42. The molecule has 4 rings (SSSR count). The van der Waals surface area contributed by atoms with Gasteiger partial charge in [-0.1, -0.05) is 5.21 Å². The molecule has 0 amide bonds. The molecule has 0 radical (unpaired) electrons. The molecular weight excluding hydrogens is 296 g/mol. The lowest BCUT2D eigenvalue weighted by atomic mass is 10.1. The van der Waals surface area contributed by atoms with E-state index in [1.165, 1.54) is 0 Å². The van der Waals surface area contributed by atoms with E-state index in [0.29, 0.717) is 6.04 Å². The van der Waals surface area contributed by atoms with Gasteiger partial charge in [-0.3, -0.25) is 4.90 Å². The fourth-order valence-corrected chi connectivity index (χ4v) is 3.59. The topological polar surface area (TPSA) is 62.6 Å². The molecule has 1 saturated heterocycles. The number of nitrogens with one attached hydrogen (secondary N) is 1. The van der Waals surface area contributed by atoms with Crippen LogP contribution in [-0.2, 0) is 6.54 Å². The fourth-order valence-electron chi connectivity index (χ4n) is 2.94. The zero-order chi connectivity index (χ0) is 14.8. The monoisotopic (exact) mass is 314 g/mol. The molecule has 22 heavy (non-hydrogen) atoms. The largest absolute Gasteiger partial charge is 0.348 e. The van der Waals surface area contributed by atoms with Crippen molar-refractivity contribution in [2.24, 2.45) is 0 Å². The van der Waals surface area contributed by atoms with Crippen LogP contribution in [0.2, 0.25) is 0 Å². The highest BCUT2D eigenvalue weighted by Crippen LogP contribution is 2.25. The second-order valence-electron chi connectivity index (χ2n) is 5.64. The van der Waals surface area contributed by atoms with Crippen LogP contribution in [0.1, 0.15) is 24.7 Å². The van der Waals surface area contributed by atoms with Crippen molar-refractivity contribution in [3.05, 3.63) is 41.2 Å². The van der Waals surface area contributed by atoms with Gasteiger partial charge in [0.05, 0.1) is 18.8 Å². The number of thiophene rings is 1. The molecule has 0 spiro atoms. The van der Waals surface area contributed by atoms with E-state index in [1.54, 1.807) is 11.3 Å². The van der Waals surface area contributed by atoms with Gasteiger partial charge in [0.25, 0.3) is 0 Å². The van der Waals surface area contributed by atoms with Crippen molar-refractivity contribution >= 4 is 11.3 Å². The summed E-state index contributed by atoms with van der Waals surface area (Å²) in [5.41, 5.74) is 2.13. The lowest BCUT2D eigenvalue weighted by Gasteiger charge is -2.31. The fraction of sp³-hybridized carbons (Fsp3) is 0.400. The molecule has 6 nitrogen and oxygen atoms in total.